The largest absolute Gasteiger partial charge is 0.423 e. The van der Waals surface area contributed by atoms with Crippen LogP contribution in [-0.2, 0) is 4.79 Å². The summed E-state index contributed by atoms with van der Waals surface area (Å²) in [5.74, 6) is 1.95. The van der Waals surface area contributed by atoms with Gasteiger partial charge in [0, 0.05) is 23.1 Å². The van der Waals surface area contributed by atoms with Crippen LogP contribution in [0.25, 0.3) is 6.08 Å². The first kappa shape index (κ1) is 16.1. The summed E-state index contributed by atoms with van der Waals surface area (Å²) >= 11 is 3.86. The van der Waals surface area contributed by atoms with Crippen LogP contribution in [0, 0.1) is 5.82 Å². The Morgan fingerprint density at radius 3 is 2.48 bits per heavy atom. The minimum Gasteiger partial charge on any atom is -0.423 e. The lowest BCUT2D eigenvalue weighted by atomic mass is 10.2. The number of rotatable bonds is 4. The SMILES string of the molecule is O=C(/C=C/c1ccccc1F)Oc1ccc(C2SCCS2)cc1. The molecule has 23 heavy (non-hydrogen) atoms. The van der Waals surface area contributed by atoms with Crippen molar-refractivity contribution in [1.82, 2.24) is 0 Å². The number of ether oxygens (including phenoxy) is 1. The van der Waals surface area contributed by atoms with E-state index in [2.05, 4.69) is 0 Å². The third-order valence-electron chi connectivity index (χ3n) is 3.30. The maximum absolute atomic E-state index is 13.5. The van der Waals surface area contributed by atoms with Gasteiger partial charge in [-0.2, -0.15) is 0 Å². The number of hydrogen-bond acceptors (Lipinski definition) is 4. The molecule has 0 spiro atoms. The van der Waals surface area contributed by atoms with Crippen LogP contribution >= 0.6 is 23.5 Å². The summed E-state index contributed by atoms with van der Waals surface area (Å²) in [5, 5.41) is 0. The maximum atomic E-state index is 13.5. The zero-order chi connectivity index (χ0) is 16.1. The van der Waals surface area contributed by atoms with Gasteiger partial charge in [-0.05, 0) is 29.8 Å². The van der Waals surface area contributed by atoms with Gasteiger partial charge in [0.1, 0.15) is 11.6 Å². The molecular weight excluding hydrogens is 331 g/mol. The molecule has 1 aliphatic rings. The van der Waals surface area contributed by atoms with Crippen molar-refractivity contribution >= 4 is 35.6 Å². The van der Waals surface area contributed by atoms with E-state index >= 15 is 0 Å². The maximum Gasteiger partial charge on any atom is 0.336 e. The normalized spacial score (nSPS) is 15.2. The average Bonchev–Trinajstić information content (AvgIpc) is 3.09. The minimum absolute atomic E-state index is 0.357. The molecule has 0 unspecified atom stereocenters. The highest BCUT2D eigenvalue weighted by Gasteiger charge is 2.18. The summed E-state index contributed by atoms with van der Waals surface area (Å²) in [4.78, 5) is 11.8. The first-order valence-electron chi connectivity index (χ1n) is 7.20. The summed E-state index contributed by atoms with van der Waals surface area (Å²) in [6, 6.07) is 13.8. The fourth-order valence-corrected chi connectivity index (χ4v) is 5.02. The second-order valence-corrected chi connectivity index (χ2v) is 7.64. The van der Waals surface area contributed by atoms with E-state index in [9.17, 15) is 9.18 Å². The molecule has 2 aromatic carbocycles. The van der Waals surface area contributed by atoms with Gasteiger partial charge in [-0.25, -0.2) is 9.18 Å². The van der Waals surface area contributed by atoms with Crippen molar-refractivity contribution in [2.45, 2.75) is 4.58 Å². The number of esters is 1. The minimum atomic E-state index is -0.523. The van der Waals surface area contributed by atoms with Crippen LogP contribution in [0.5, 0.6) is 5.75 Å². The van der Waals surface area contributed by atoms with Gasteiger partial charge >= 0.3 is 5.97 Å². The first-order valence-corrected chi connectivity index (χ1v) is 9.30. The quantitative estimate of drug-likeness (QED) is 0.446. The number of thioether (sulfide) groups is 2. The highest BCUT2D eigenvalue weighted by Crippen LogP contribution is 2.45. The number of hydrogen-bond donors (Lipinski definition) is 0. The van der Waals surface area contributed by atoms with Crippen LogP contribution in [0.4, 0.5) is 4.39 Å². The summed E-state index contributed by atoms with van der Waals surface area (Å²) in [7, 11) is 0. The van der Waals surface area contributed by atoms with Crippen LogP contribution in [0.1, 0.15) is 15.7 Å². The van der Waals surface area contributed by atoms with E-state index in [0.29, 0.717) is 15.9 Å². The molecule has 1 heterocycles. The smallest absolute Gasteiger partial charge is 0.336 e. The van der Waals surface area contributed by atoms with Gasteiger partial charge in [0.05, 0.1) is 4.58 Å². The van der Waals surface area contributed by atoms with Gasteiger partial charge in [0.25, 0.3) is 0 Å². The van der Waals surface area contributed by atoms with Crippen molar-refractivity contribution in [2.75, 3.05) is 11.5 Å². The van der Waals surface area contributed by atoms with Crippen molar-refractivity contribution in [1.29, 1.82) is 0 Å². The third kappa shape index (κ3) is 4.39. The van der Waals surface area contributed by atoms with Crippen LogP contribution in [0.3, 0.4) is 0 Å². The number of carbonyl (C=O) groups is 1. The zero-order valence-electron chi connectivity index (χ0n) is 12.3. The lowest BCUT2D eigenvalue weighted by Gasteiger charge is -2.08. The Labute approximate surface area is 143 Å². The predicted molar refractivity (Wildman–Crippen MR) is 95.2 cm³/mol. The molecule has 2 nitrogen and oxygen atoms in total. The molecule has 2 aromatic rings. The second-order valence-electron chi connectivity index (χ2n) is 4.92. The topological polar surface area (TPSA) is 26.3 Å². The summed E-state index contributed by atoms with van der Waals surface area (Å²) < 4.78 is 19.2. The molecule has 0 aliphatic carbocycles. The Morgan fingerprint density at radius 1 is 1.09 bits per heavy atom. The molecule has 118 valence electrons. The summed E-state index contributed by atoms with van der Waals surface area (Å²) in [6.45, 7) is 0. The Kier molecular flexibility index (Phi) is 5.41. The fourth-order valence-electron chi connectivity index (χ4n) is 2.16. The fraction of sp³-hybridized carbons (Fsp3) is 0.167. The van der Waals surface area contributed by atoms with Crippen LogP contribution < -0.4 is 4.74 Å². The molecule has 1 aliphatic heterocycles. The number of benzene rings is 2. The van der Waals surface area contributed by atoms with Crippen LogP contribution in [-0.4, -0.2) is 17.5 Å². The summed E-state index contributed by atoms with van der Waals surface area (Å²) in [6.07, 6.45) is 2.65. The molecule has 0 amide bonds. The number of carbonyl (C=O) groups excluding carboxylic acids is 1. The van der Waals surface area contributed by atoms with Crippen LogP contribution in [0.2, 0.25) is 0 Å². The molecule has 0 bridgehead atoms. The van der Waals surface area contributed by atoms with E-state index in [4.69, 9.17) is 4.74 Å². The van der Waals surface area contributed by atoms with Gasteiger partial charge in [-0.1, -0.05) is 30.3 Å². The van der Waals surface area contributed by atoms with Crippen molar-refractivity contribution in [3.8, 4) is 5.75 Å². The van der Waals surface area contributed by atoms with Gasteiger partial charge in [-0.15, -0.1) is 23.5 Å². The van der Waals surface area contributed by atoms with Gasteiger partial charge in [0.15, 0.2) is 0 Å². The molecule has 1 saturated heterocycles. The molecular formula is C18H15FO2S2. The molecule has 5 heteroatoms. The van der Waals surface area contributed by atoms with Crippen molar-refractivity contribution in [2.24, 2.45) is 0 Å². The van der Waals surface area contributed by atoms with E-state index in [-0.39, 0.29) is 5.82 Å². The lowest BCUT2D eigenvalue weighted by molar-refractivity contribution is -0.128. The van der Waals surface area contributed by atoms with E-state index in [1.807, 2.05) is 35.7 Å². The highest BCUT2D eigenvalue weighted by atomic mass is 32.2. The van der Waals surface area contributed by atoms with Gasteiger partial charge < -0.3 is 4.74 Å². The number of halogens is 1. The Bertz CT molecular complexity index is 707. The van der Waals surface area contributed by atoms with E-state index in [1.54, 1.807) is 30.3 Å². The Hall–Kier alpha value is -1.72. The van der Waals surface area contributed by atoms with Crippen molar-refractivity contribution in [3.63, 3.8) is 0 Å². The molecule has 0 aromatic heterocycles. The van der Waals surface area contributed by atoms with E-state index < -0.39 is 5.97 Å². The average molecular weight is 346 g/mol. The highest BCUT2D eigenvalue weighted by molar-refractivity contribution is 8.19. The van der Waals surface area contributed by atoms with Crippen LogP contribution in [0.15, 0.2) is 54.6 Å². The molecule has 3 rings (SSSR count). The molecule has 0 atom stereocenters. The Balaban J connectivity index is 1.60. The predicted octanol–water partition coefficient (Wildman–Crippen LogP) is 4.92. The second kappa shape index (κ2) is 7.70. The summed E-state index contributed by atoms with van der Waals surface area (Å²) in [5.41, 5.74) is 1.59. The lowest BCUT2D eigenvalue weighted by Crippen LogP contribution is -2.03. The monoisotopic (exact) mass is 346 g/mol. The standard InChI is InChI=1S/C18H15FO2S2/c19-16-4-2-1-3-13(16)7-10-17(20)21-15-8-5-14(6-9-15)18-22-11-12-23-18/h1-10,18H,11-12H2/b10-7+. The van der Waals surface area contributed by atoms with E-state index in [0.717, 1.165) is 0 Å². The first-order chi connectivity index (χ1) is 11.2. The Morgan fingerprint density at radius 2 is 1.78 bits per heavy atom. The van der Waals surface area contributed by atoms with Crippen molar-refractivity contribution < 1.29 is 13.9 Å². The molecule has 1 fully saturated rings. The molecule has 0 radical (unpaired) electrons. The van der Waals surface area contributed by atoms with Gasteiger partial charge in [-0.3, -0.25) is 0 Å². The molecule has 0 N–H and O–H groups in total. The van der Waals surface area contributed by atoms with Crippen molar-refractivity contribution in [3.05, 3.63) is 71.6 Å². The molecule has 0 saturated carbocycles. The third-order valence-corrected chi connectivity index (χ3v) is 6.40. The van der Waals surface area contributed by atoms with E-state index in [1.165, 1.54) is 35.3 Å². The zero-order valence-corrected chi connectivity index (χ0v) is 13.9. The van der Waals surface area contributed by atoms with Gasteiger partial charge in [0.2, 0.25) is 0 Å².